The van der Waals surface area contributed by atoms with E-state index in [0.29, 0.717) is 27.3 Å². The summed E-state index contributed by atoms with van der Waals surface area (Å²) in [5.41, 5.74) is 1.84. The predicted octanol–water partition coefficient (Wildman–Crippen LogP) is 3.76. The molecule has 1 heterocycles. The Morgan fingerprint density at radius 2 is 2.00 bits per heavy atom. The van der Waals surface area contributed by atoms with Crippen molar-refractivity contribution in [3.05, 3.63) is 64.6 Å². The number of carbonyl (C=O) groups is 1. The monoisotopic (exact) mass is 357 g/mol. The van der Waals surface area contributed by atoms with Crippen LogP contribution in [-0.4, -0.2) is 17.3 Å². The molecule has 0 aliphatic carbocycles. The van der Waals surface area contributed by atoms with Crippen molar-refractivity contribution in [1.29, 1.82) is 0 Å². The van der Waals surface area contributed by atoms with E-state index in [0.717, 1.165) is 11.1 Å². The van der Waals surface area contributed by atoms with Crippen LogP contribution in [0.3, 0.4) is 0 Å². The molecule has 6 heteroatoms. The molecule has 1 fully saturated rings. The van der Waals surface area contributed by atoms with Crippen molar-refractivity contribution in [3.8, 4) is 11.5 Å². The van der Waals surface area contributed by atoms with Crippen molar-refractivity contribution in [2.24, 2.45) is 0 Å². The lowest BCUT2D eigenvalue weighted by Gasteiger charge is -2.11. The Morgan fingerprint density at radius 1 is 1.21 bits per heavy atom. The minimum atomic E-state index is -0.193. The summed E-state index contributed by atoms with van der Waals surface area (Å²) in [6.07, 6.45) is 1.77. The zero-order valence-electron chi connectivity index (χ0n) is 12.9. The summed E-state index contributed by atoms with van der Waals surface area (Å²) in [6.45, 7) is 0.446. The molecule has 1 aliphatic rings. The fourth-order valence-corrected chi connectivity index (χ4v) is 3.23. The normalized spacial score (nSPS) is 15.5. The molecule has 0 bridgehead atoms. The minimum absolute atomic E-state index is 0.193. The van der Waals surface area contributed by atoms with Crippen LogP contribution in [0.4, 0.5) is 0 Å². The first-order valence-electron chi connectivity index (χ1n) is 7.25. The second-order valence-electron chi connectivity index (χ2n) is 5.03. The molecule has 3 rings (SSSR count). The van der Waals surface area contributed by atoms with Gasteiger partial charge in [0, 0.05) is 5.56 Å². The summed E-state index contributed by atoms with van der Waals surface area (Å²) in [6, 6.07) is 15.4. The van der Waals surface area contributed by atoms with Gasteiger partial charge in [0.2, 0.25) is 0 Å². The largest absolute Gasteiger partial charge is 0.497 e. The smallest absolute Gasteiger partial charge is 0.263 e. The molecule has 4 nitrogen and oxygen atoms in total. The molecule has 0 radical (unpaired) electrons. The van der Waals surface area contributed by atoms with Gasteiger partial charge >= 0.3 is 0 Å². The maximum absolute atomic E-state index is 11.9. The van der Waals surface area contributed by atoms with Crippen LogP contribution in [0, 0.1) is 0 Å². The number of benzene rings is 2. The fourth-order valence-electron chi connectivity index (χ4n) is 2.20. The van der Waals surface area contributed by atoms with Crippen molar-refractivity contribution in [2.45, 2.75) is 6.61 Å². The van der Waals surface area contributed by atoms with Crippen molar-refractivity contribution in [1.82, 2.24) is 5.32 Å². The summed E-state index contributed by atoms with van der Waals surface area (Å²) < 4.78 is 11.6. The van der Waals surface area contributed by atoms with Crippen LogP contribution in [0.5, 0.6) is 11.5 Å². The zero-order valence-corrected chi connectivity index (χ0v) is 14.6. The lowest BCUT2D eigenvalue weighted by Crippen LogP contribution is -2.17. The van der Waals surface area contributed by atoms with Crippen molar-refractivity contribution in [3.63, 3.8) is 0 Å². The number of nitrogens with one attached hydrogen (secondary N) is 1. The van der Waals surface area contributed by atoms with Gasteiger partial charge in [-0.1, -0.05) is 54.3 Å². The maximum atomic E-state index is 11.9. The SMILES string of the molecule is COc1ccc(OCc2ccccc2)c(/C=C2\SC(=S)NC2=O)c1. The van der Waals surface area contributed by atoms with Crippen LogP contribution in [0.25, 0.3) is 6.08 Å². The number of methoxy groups -OCH3 is 1. The van der Waals surface area contributed by atoms with E-state index in [1.165, 1.54) is 11.8 Å². The molecule has 0 spiro atoms. The van der Waals surface area contributed by atoms with Crippen LogP contribution in [0.2, 0.25) is 0 Å². The number of rotatable bonds is 5. The Morgan fingerprint density at radius 3 is 2.67 bits per heavy atom. The Labute approximate surface area is 149 Å². The minimum Gasteiger partial charge on any atom is -0.497 e. The molecule has 24 heavy (non-hydrogen) atoms. The number of thiocarbonyl (C=S) groups is 1. The molecule has 0 unspecified atom stereocenters. The van der Waals surface area contributed by atoms with E-state index in [9.17, 15) is 4.79 Å². The van der Waals surface area contributed by atoms with Gasteiger partial charge in [0.15, 0.2) is 0 Å². The van der Waals surface area contributed by atoms with E-state index in [-0.39, 0.29) is 5.91 Å². The number of carbonyl (C=O) groups excluding carboxylic acids is 1. The molecule has 0 aromatic heterocycles. The highest BCUT2D eigenvalue weighted by atomic mass is 32.2. The highest BCUT2D eigenvalue weighted by molar-refractivity contribution is 8.26. The van der Waals surface area contributed by atoms with E-state index >= 15 is 0 Å². The molecule has 0 atom stereocenters. The summed E-state index contributed by atoms with van der Waals surface area (Å²) in [5.74, 6) is 1.18. The van der Waals surface area contributed by atoms with E-state index < -0.39 is 0 Å². The third kappa shape index (κ3) is 3.96. The van der Waals surface area contributed by atoms with Crippen LogP contribution in [0.1, 0.15) is 11.1 Å². The van der Waals surface area contributed by atoms with Gasteiger partial charge in [-0.25, -0.2) is 0 Å². The molecule has 0 saturated carbocycles. The first kappa shape index (κ1) is 16.5. The van der Waals surface area contributed by atoms with E-state index in [4.69, 9.17) is 21.7 Å². The van der Waals surface area contributed by atoms with Gasteiger partial charge in [0.1, 0.15) is 22.4 Å². The van der Waals surface area contributed by atoms with Crippen LogP contribution in [-0.2, 0) is 11.4 Å². The van der Waals surface area contributed by atoms with Crippen LogP contribution in [0.15, 0.2) is 53.4 Å². The van der Waals surface area contributed by atoms with Gasteiger partial charge < -0.3 is 14.8 Å². The topological polar surface area (TPSA) is 47.6 Å². The Hall–Kier alpha value is -2.31. The van der Waals surface area contributed by atoms with Crippen LogP contribution < -0.4 is 14.8 Å². The number of hydrogen-bond acceptors (Lipinski definition) is 5. The molecule has 122 valence electrons. The van der Waals surface area contributed by atoms with Gasteiger partial charge in [0.05, 0.1) is 12.0 Å². The number of thioether (sulfide) groups is 1. The summed E-state index contributed by atoms with van der Waals surface area (Å²) in [7, 11) is 1.60. The number of ether oxygens (including phenoxy) is 2. The third-order valence-corrected chi connectivity index (χ3v) is 4.55. The average molecular weight is 357 g/mol. The van der Waals surface area contributed by atoms with E-state index in [2.05, 4.69) is 5.32 Å². The molecule has 1 amide bonds. The zero-order chi connectivity index (χ0) is 16.9. The second-order valence-corrected chi connectivity index (χ2v) is 6.75. The summed E-state index contributed by atoms with van der Waals surface area (Å²) in [4.78, 5) is 12.4. The number of amides is 1. The quantitative estimate of drug-likeness (QED) is 0.652. The second kappa shape index (κ2) is 7.51. The lowest BCUT2D eigenvalue weighted by atomic mass is 10.1. The van der Waals surface area contributed by atoms with Gasteiger partial charge in [-0.05, 0) is 29.8 Å². The Balaban J connectivity index is 1.87. The molecule has 1 N–H and O–H groups in total. The summed E-state index contributed by atoms with van der Waals surface area (Å²) >= 11 is 6.26. The Bertz CT molecular complexity index is 803. The van der Waals surface area contributed by atoms with Gasteiger partial charge in [-0.2, -0.15) is 0 Å². The van der Waals surface area contributed by atoms with Gasteiger partial charge in [0.25, 0.3) is 5.91 Å². The van der Waals surface area contributed by atoms with Gasteiger partial charge in [-0.15, -0.1) is 0 Å². The number of hydrogen-bond donors (Lipinski definition) is 1. The molecule has 2 aromatic carbocycles. The fraction of sp³-hybridized carbons (Fsp3) is 0.111. The van der Waals surface area contributed by atoms with E-state index in [1.54, 1.807) is 13.2 Å². The average Bonchev–Trinajstić information content (AvgIpc) is 2.92. The lowest BCUT2D eigenvalue weighted by molar-refractivity contribution is -0.115. The van der Waals surface area contributed by atoms with Crippen molar-refractivity contribution in [2.75, 3.05) is 7.11 Å². The standard InChI is InChI=1S/C18H15NO3S2/c1-21-14-7-8-15(22-11-12-5-3-2-4-6-12)13(9-14)10-16-17(20)19-18(23)24-16/h2-10H,11H2,1H3,(H,19,20,23)/b16-10-. The third-order valence-electron chi connectivity index (χ3n) is 3.38. The molecular formula is C18H15NO3S2. The highest BCUT2D eigenvalue weighted by Gasteiger charge is 2.22. The molecule has 2 aromatic rings. The Kier molecular flexibility index (Phi) is 5.17. The van der Waals surface area contributed by atoms with Gasteiger partial charge in [-0.3, -0.25) is 4.79 Å². The first-order chi connectivity index (χ1) is 11.7. The maximum Gasteiger partial charge on any atom is 0.263 e. The molecule has 1 saturated heterocycles. The first-order valence-corrected chi connectivity index (χ1v) is 8.48. The molecule has 1 aliphatic heterocycles. The van der Waals surface area contributed by atoms with Crippen molar-refractivity contribution >= 4 is 40.3 Å². The predicted molar refractivity (Wildman–Crippen MR) is 100 cm³/mol. The van der Waals surface area contributed by atoms with Crippen molar-refractivity contribution < 1.29 is 14.3 Å². The molecular weight excluding hydrogens is 342 g/mol. The van der Waals surface area contributed by atoms with E-state index in [1.807, 2.05) is 48.5 Å². The highest BCUT2D eigenvalue weighted by Crippen LogP contribution is 2.31. The van der Waals surface area contributed by atoms with Crippen LogP contribution >= 0.6 is 24.0 Å². The summed E-state index contributed by atoms with van der Waals surface area (Å²) in [5, 5.41) is 2.61.